The van der Waals surface area contributed by atoms with Crippen LogP contribution in [-0.2, 0) is 0 Å². The molecule has 1 aliphatic carbocycles. The van der Waals surface area contributed by atoms with Gasteiger partial charge in [-0.15, -0.1) is 0 Å². The predicted molar refractivity (Wildman–Crippen MR) is 95.2 cm³/mol. The number of phenols is 1. The van der Waals surface area contributed by atoms with Gasteiger partial charge in [0.2, 0.25) is 5.95 Å². The highest BCUT2D eigenvalue weighted by molar-refractivity contribution is 5.88. The first-order valence-electron chi connectivity index (χ1n) is 8.23. The molecule has 6 heteroatoms. The first-order chi connectivity index (χ1) is 12.0. The van der Waals surface area contributed by atoms with E-state index in [1.54, 1.807) is 18.3 Å². The summed E-state index contributed by atoms with van der Waals surface area (Å²) in [5.41, 5.74) is 6.17. The van der Waals surface area contributed by atoms with E-state index in [-0.39, 0.29) is 11.7 Å². The van der Waals surface area contributed by atoms with Crippen molar-refractivity contribution in [2.75, 3.05) is 5.73 Å². The summed E-state index contributed by atoms with van der Waals surface area (Å²) in [7, 11) is 0. The Labute approximate surface area is 145 Å². The first-order valence-corrected chi connectivity index (χ1v) is 8.23. The normalized spacial score (nSPS) is 15.9. The summed E-state index contributed by atoms with van der Waals surface area (Å²) in [6.07, 6.45) is 6.78. The third kappa shape index (κ3) is 2.90. The van der Waals surface area contributed by atoms with E-state index in [1.807, 2.05) is 22.9 Å². The van der Waals surface area contributed by atoms with E-state index in [1.165, 1.54) is 0 Å². The molecular formula is C19H18N4O2. The molecule has 2 aromatic heterocycles. The number of fused-ring (bicyclic) bond motifs is 1. The second-order valence-corrected chi connectivity index (χ2v) is 6.38. The smallest absolute Gasteiger partial charge is 0.221 e. The fourth-order valence-electron chi connectivity index (χ4n) is 3.27. The second kappa shape index (κ2) is 5.80. The molecule has 0 saturated heterocycles. The lowest BCUT2D eigenvalue weighted by Gasteiger charge is -2.12. The lowest BCUT2D eigenvalue weighted by molar-refractivity contribution is 0.110. The Balaban J connectivity index is 1.81. The van der Waals surface area contributed by atoms with E-state index in [2.05, 4.69) is 21.8 Å². The molecule has 0 amide bonds. The van der Waals surface area contributed by atoms with Crippen LogP contribution in [0.5, 0.6) is 5.75 Å². The van der Waals surface area contributed by atoms with Gasteiger partial charge in [-0.1, -0.05) is 11.8 Å². The van der Waals surface area contributed by atoms with Crippen LogP contribution in [0.2, 0.25) is 0 Å². The Kier molecular flexibility index (Phi) is 3.59. The molecule has 4 rings (SSSR count). The maximum atomic E-state index is 10.4. The van der Waals surface area contributed by atoms with Gasteiger partial charge in [-0.2, -0.15) is 4.98 Å². The van der Waals surface area contributed by atoms with Crippen LogP contribution in [0.25, 0.3) is 16.7 Å². The topological polar surface area (TPSA) is 97.2 Å². The lowest BCUT2D eigenvalue weighted by atomic mass is 10.0. The summed E-state index contributed by atoms with van der Waals surface area (Å²) in [5, 5.41) is 21.4. The number of hydrogen-bond donors (Lipinski definition) is 3. The van der Waals surface area contributed by atoms with E-state index < -0.39 is 5.60 Å². The molecule has 0 aliphatic heterocycles. The van der Waals surface area contributed by atoms with Crippen LogP contribution in [0, 0.1) is 11.8 Å². The molecule has 0 radical (unpaired) electrons. The van der Waals surface area contributed by atoms with Crippen molar-refractivity contribution in [1.82, 2.24) is 14.5 Å². The standard InChI is InChI=1S/C19H18N4O2/c20-18-21-9-4-17(22-18)23-10-5-14-15(23)11-13(12-16(14)24)3-8-19(25)6-1-2-7-19/h4-5,9-12,24-25H,1-2,6-7H2,(H2,20,21,22). The van der Waals surface area contributed by atoms with Gasteiger partial charge in [0.15, 0.2) is 0 Å². The Bertz CT molecular complexity index is 1010. The number of nitrogens with two attached hydrogens (primary N) is 1. The molecule has 6 nitrogen and oxygen atoms in total. The zero-order valence-corrected chi connectivity index (χ0v) is 13.6. The number of aliphatic hydroxyl groups is 1. The van der Waals surface area contributed by atoms with Crippen LogP contribution in [0.15, 0.2) is 36.7 Å². The number of aromatic hydroxyl groups is 1. The monoisotopic (exact) mass is 334 g/mol. The number of phenolic OH excluding ortho intramolecular Hbond substituents is 1. The highest BCUT2D eigenvalue weighted by Gasteiger charge is 2.28. The number of rotatable bonds is 1. The molecule has 1 aromatic carbocycles. The van der Waals surface area contributed by atoms with Crippen molar-refractivity contribution in [1.29, 1.82) is 0 Å². The average Bonchev–Trinajstić information content (AvgIpc) is 3.20. The molecular weight excluding hydrogens is 316 g/mol. The van der Waals surface area contributed by atoms with E-state index in [0.29, 0.717) is 29.6 Å². The SMILES string of the molecule is Nc1nccc(-n2ccc3c(O)cc(C#CC4(O)CCCC4)cc32)n1. The molecule has 2 heterocycles. The van der Waals surface area contributed by atoms with Crippen LogP contribution in [-0.4, -0.2) is 30.3 Å². The Morgan fingerprint density at radius 1 is 1.20 bits per heavy atom. The largest absolute Gasteiger partial charge is 0.507 e. The van der Waals surface area contributed by atoms with Crippen molar-refractivity contribution in [2.24, 2.45) is 0 Å². The van der Waals surface area contributed by atoms with Crippen LogP contribution in [0.4, 0.5) is 5.95 Å². The van der Waals surface area contributed by atoms with Gasteiger partial charge in [0.25, 0.3) is 0 Å². The average molecular weight is 334 g/mol. The van der Waals surface area contributed by atoms with E-state index in [9.17, 15) is 10.2 Å². The summed E-state index contributed by atoms with van der Waals surface area (Å²) in [5.74, 6) is 6.91. The maximum absolute atomic E-state index is 10.4. The van der Waals surface area contributed by atoms with Crippen molar-refractivity contribution < 1.29 is 10.2 Å². The number of nitrogen functional groups attached to an aromatic ring is 1. The molecule has 1 fully saturated rings. The summed E-state index contributed by atoms with van der Waals surface area (Å²) >= 11 is 0. The molecule has 126 valence electrons. The number of aromatic nitrogens is 3. The van der Waals surface area contributed by atoms with Crippen LogP contribution in [0.1, 0.15) is 31.2 Å². The summed E-state index contributed by atoms with van der Waals surface area (Å²) in [6, 6.07) is 7.04. The number of anilines is 1. The number of benzene rings is 1. The molecule has 0 atom stereocenters. The minimum absolute atomic E-state index is 0.140. The number of nitrogens with zero attached hydrogens (tertiary/aromatic N) is 3. The summed E-state index contributed by atoms with van der Waals surface area (Å²) < 4.78 is 1.82. The Morgan fingerprint density at radius 3 is 2.76 bits per heavy atom. The van der Waals surface area contributed by atoms with E-state index in [0.717, 1.165) is 18.4 Å². The van der Waals surface area contributed by atoms with E-state index in [4.69, 9.17) is 5.73 Å². The van der Waals surface area contributed by atoms with Crippen molar-refractivity contribution in [3.8, 4) is 23.4 Å². The molecule has 25 heavy (non-hydrogen) atoms. The zero-order chi connectivity index (χ0) is 17.4. The van der Waals surface area contributed by atoms with Crippen molar-refractivity contribution in [2.45, 2.75) is 31.3 Å². The van der Waals surface area contributed by atoms with Crippen LogP contribution in [0.3, 0.4) is 0 Å². The lowest BCUT2D eigenvalue weighted by Crippen LogP contribution is -2.20. The van der Waals surface area contributed by atoms with Gasteiger partial charge >= 0.3 is 0 Å². The predicted octanol–water partition coefficient (Wildman–Crippen LogP) is 2.36. The molecule has 1 aliphatic rings. The minimum atomic E-state index is -0.909. The molecule has 1 saturated carbocycles. The minimum Gasteiger partial charge on any atom is -0.507 e. The van der Waals surface area contributed by atoms with Gasteiger partial charge in [0, 0.05) is 23.3 Å². The molecule has 3 aromatic rings. The van der Waals surface area contributed by atoms with Crippen molar-refractivity contribution >= 4 is 16.9 Å². The first kappa shape index (κ1) is 15.5. The summed E-state index contributed by atoms with van der Waals surface area (Å²) in [6.45, 7) is 0. The second-order valence-electron chi connectivity index (χ2n) is 6.38. The van der Waals surface area contributed by atoms with Gasteiger partial charge in [0.1, 0.15) is 17.2 Å². The highest BCUT2D eigenvalue weighted by atomic mass is 16.3. The van der Waals surface area contributed by atoms with E-state index >= 15 is 0 Å². The Hall–Kier alpha value is -3.04. The molecule has 4 N–H and O–H groups in total. The summed E-state index contributed by atoms with van der Waals surface area (Å²) in [4.78, 5) is 8.12. The van der Waals surface area contributed by atoms with Gasteiger partial charge in [-0.3, -0.25) is 0 Å². The quantitative estimate of drug-likeness (QED) is 0.594. The van der Waals surface area contributed by atoms with Gasteiger partial charge in [-0.25, -0.2) is 4.98 Å². The fourth-order valence-corrected chi connectivity index (χ4v) is 3.27. The third-order valence-electron chi connectivity index (χ3n) is 4.56. The Morgan fingerprint density at radius 2 is 2.00 bits per heavy atom. The highest BCUT2D eigenvalue weighted by Crippen LogP contribution is 2.31. The third-order valence-corrected chi connectivity index (χ3v) is 4.56. The molecule has 0 bridgehead atoms. The molecule has 0 spiro atoms. The van der Waals surface area contributed by atoms with Crippen molar-refractivity contribution in [3.63, 3.8) is 0 Å². The van der Waals surface area contributed by atoms with Gasteiger partial charge in [0.05, 0.1) is 5.52 Å². The van der Waals surface area contributed by atoms with Crippen LogP contribution >= 0.6 is 0 Å². The van der Waals surface area contributed by atoms with Gasteiger partial charge < -0.3 is 20.5 Å². The van der Waals surface area contributed by atoms with Crippen LogP contribution < -0.4 is 5.73 Å². The zero-order valence-electron chi connectivity index (χ0n) is 13.6. The fraction of sp³-hybridized carbons (Fsp3) is 0.263. The number of hydrogen-bond acceptors (Lipinski definition) is 5. The van der Waals surface area contributed by atoms with Gasteiger partial charge in [-0.05, 0) is 49.9 Å². The van der Waals surface area contributed by atoms with Crippen molar-refractivity contribution in [3.05, 3.63) is 42.2 Å². The molecule has 0 unspecified atom stereocenters. The maximum Gasteiger partial charge on any atom is 0.221 e.